The molecule has 0 amide bonds. The third kappa shape index (κ3) is 2.42. The average molecular weight is 241 g/mol. The number of hydrogen-bond donors (Lipinski definition) is 1. The number of nitrogens with two attached hydrogens (primary N) is 1. The summed E-state index contributed by atoms with van der Waals surface area (Å²) in [5, 5.41) is 3.95. The summed E-state index contributed by atoms with van der Waals surface area (Å²) in [5.74, 6) is 0.330. The third-order valence-corrected chi connectivity index (χ3v) is 3.49. The van der Waals surface area contributed by atoms with Gasteiger partial charge in [-0.1, -0.05) is 0 Å². The first-order chi connectivity index (χ1) is 7.15. The van der Waals surface area contributed by atoms with Gasteiger partial charge in [0.15, 0.2) is 0 Å². The van der Waals surface area contributed by atoms with Crippen molar-refractivity contribution in [2.75, 3.05) is 17.7 Å². The first kappa shape index (κ1) is 10.3. The molecule has 0 aliphatic carbocycles. The molecular formula is C8H11N5S2. The van der Waals surface area contributed by atoms with Crippen molar-refractivity contribution in [1.29, 1.82) is 0 Å². The van der Waals surface area contributed by atoms with Gasteiger partial charge in [-0.05, 0) is 6.92 Å². The number of aromatic nitrogens is 3. The van der Waals surface area contributed by atoms with E-state index in [-0.39, 0.29) is 0 Å². The summed E-state index contributed by atoms with van der Waals surface area (Å²) in [6, 6.07) is 0. The molecule has 2 N–H and O–H groups in total. The van der Waals surface area contributed by atoms with Crippen molar-refractivity contribution >= 4 is 33.9 Å². The number of thiazole rings is 1. The van der Waals surface area contributed by atoms with Gasteiger partial charge in [-0.15, -0.1) is 11.3 Å². The van der Waals surface area contributed by atoms with Crippen LogP contribution in [0.2, 0.25) is 0 Å². The van der Waals surface area contributed by atoms with E-state index in [1.807, 2.05) is 18.9 Å². The van der Waals surface area contributed by atoms with Crippen molar-refractivity contribution in [2.45, 2.75) is 13.5 Å². The van der Waals surface area contributed by atoms with Crippen LogP contribution in [-0.2, 0) is 6.54 Å². The largest absolute Gasteiger partial charge is 0.367 e. The van der Waals surface area contributed by atoms with Crippen LogP contribution < -0.4 is 10.6 Å². The zero-order valence-corrected chi connectivity index (χ0v) is 10.1. The first-order valence-corrected chi connectivity index (χ1v) is 6.02. The molecule has 2 aromatic rings. The second-order valence-corrected chi connectivity index (χ2v) is 4.94. The molecule has 0 aliphatic rings. The molecule has 0 spiro atoms. The average Bonchev–Trinajstić information content (AvgIpc) is 2.75. The summed E-state index contributed by atoms with van der Waals surface area (Å²) in [5.41, 5.74) is 6.51. The molecule has 0 unspecified atom stereocenters. The molecule has 2 aromatic heterocycles. The van der Waals surface area contributed by atoms with Gasteiger partial charge < -0.3 is 10.6 Å². The van der Waals surface area contributed by atoms with Gasteiger partial charge in [0.1, 0.15) is 0 Å². The second-order valence-electron chi connectivity index (χ2n) is 3.15. The lowest BCUT2D eigenvalue weighted by atomic mass is 10.4. The van der Waals surface area contributed by atoms with E-state index in [1.165, 1.54) is 11.5 Å². The lowest BCUT2D eigenvalue weighted by Crippen LogP contribution is -2.16. The van der Waals surface area contributed by atoms with Crippen LogP contribution in [0.3, 0.4) is 0 Å². The molecule has 0 aliphatic heterocycles. The van der Waals surface area contributed by atoms with Crippen molar-refractivity contribution in [1.82, 2.24) is 14.3 Å². The molecule has 2 heterocycles. The van der Waals surface area contributed by atoms with Gasteiger partial charge in [-0.3, -0.25) is 0 Å². The second kappa shape index (κ2) is 4.11. The minimum Gasteiger partial charge on any atom is -0.367 e. The van der Waals surface area contributed by atoms with E-state index < -0.39 is 0 Å². The highest BCUT2D eigenvalue weighted by Crippen LogP contribution is 2.19. The van der Waals surface area contributed by atoms with Crippen molar-refractivity contribution in [3.8, 4) is 0 Å². The maximum Gasteiger partial charge on any atom is 0.233 e. The van der Waals surface area contributed by atoms with Crippen molar-refractivity contribution < 1.29 is 0 Å². The molecule has 7 heteroatoms. The molecule has 0 saturated heterocycles. The predicted molar refractivity (Wildman–Crippen MR) is 63.3 cm³/mol. The fourth-order valence-electron chi connectivity index (χ4n) is 1.17. The fourth-order valence-corrected chi connectivity index (χ4v) is 2.33. The van der Waals surface area contributed by atoms with Crippen LogP contribution in [0.4, 0.5) is 11.1 Å². The van der Waals surface area contributed by atoms with Crippen LogP contribution in [0.5, 0.6) is 0 Å². The predicted octanol–water partition coefficient (Wildman–Crippen LogP) is 1.52. The highest BCUT2D eigenvalue weighted by Gasteiger charge is 2.08. The van der Waals surface area contributed by atoms with Gasteiger partial charge in [0.05, 0.1) is 17.2 Å². The Bertz CT molecular complexity index is 449. The lowest BCUT2D eigenvalue weighted by Gasteiger charge is -2.12. The van der Waals surface area contributed by atoms with Crippen LogP contribution >= 0.6 is 22.9 Å². The highest BCUT2D eigenvalue weighted by atomic mass is 32.1. The van der Waals surface area contributed by atoms with E-state index >= 15 is 0 Å². The van der Waals surface area contributed by atoms with Crippen LogP contribution in [-0.4, -0.2) is 21.4 Å². The number of anilines is 2. The molecule has 0 bridgehead atoms. The van der Waals surface area contributed by atoms with Gasteiger partial charge in [-0.2, -0.15) is 9.36 Å². The summed E-state index contributed by atoms with van der Waals surface area (Å²) in [4.78, 5) is 10.5. The summed E-state index contributed by atoms with van der Waals surface area (Å²) in [6.07, 6.45) is 0. The third-order valence-electron chi connectivity index (χ3n) is 1.82. The zero-order valence-electron chi connectivity index (χ0n) is 8.47. The van der Waals surface area contributed by atoms with Crippen LogP contribution in [0.1, 0.15) is 10.7 Å². The van der Waals surface area contributed by atoms with Crippen LogP contribution in [0.25, 0.3) is 0 Å². The minimum atomic E-state index is 0.330. The Hall–Kier alpha value is -1.21. The molecule has 2 rings (SSSR count). The van der Waals surface area contributed by atoms with Gasteiger partial charge in [-0.25, -0.2) is 4.98 Å². The topological polar surface area (TPSA) is 67.9 Å². The fraction of sp³-hybridized carbons (Fsp3) is 0.375. The van der Waals surface area contributed by atoms with Gasteiger partial charge in [0.25, 0.3) is 0 Å². The Morgan fingerprint density at radius 3 is 2.80 bits per heavy atom. The van der Waals surface area contributed by atoms with E-state index in [2.05, 4.69) is 19.7 Å². The standard InChI is InChI=1S/C8H11N5S2/c1-5-10-6(4-14-5)3-13(2)8-11-7(9)12-15-8/h4H,3H2,1-2H3,(H2,9,12). The SMILES string of the molecule is Cc1nc(CN(C)c2nc(N)ns2)cs1. The summed E-state index contributed by atoms with van der Waals surface area (Å²) in [7, 11) is 1.95. The Kier molecular flexibility index (Phi) is 2.83. The quantitative estimate of drug-likeness (QED) is 0.882. The van der Waals surface area contributed by atoms with Crippen LogP contribution in [0.15, 0.2) is 5.38 Å². The summed E-state index contributed by atoms with van der Waals surface area (Å²) in [6.45, 7) is 2.73. The van der Waals surface area contributed by atoms with E-state index in [0.29, 0.717) is 5.95 Å². The van der Waals surface area contributed by atoms with Gasteiger partial charge in [0, 0.05) is 24.0 Å². The number of aryl methyl sites for hydroxylation is 1. The minimum absolute atomic E-state index is 0.330. The van der Waals surface area contributed by atoms with Crippen LogP contribution in [0, 0.1) is 6.92 Å². The number of nitrogen functional groups attached to an aromatic ring is 1. The molecule has 0 radical (unpaired) electrons. The zero-order chi connectivity index (χ0) is 10.8. The molecular weight excluding hydrogens is 230 g/mol. The number of nitrogens with zero attached hydrogens (tertiary/aromatic N) is 4. The first-order valence-electron chi connectivity index (χ1n) is 4.36. The molecule has 0 aromatic carbocycles. The highest BCUT2D eigenvalue weighted by molar-refractivity contribution is 7.10. The molecule has 80 valence electrons. The maximum absolute atomic E-state index is 5.46. The normalized spacial score (nSPS) is 10.5. The van der Waals surface area contributed by atoms with Gasteiger partial charge >= 0.3 is 0 Å². The Balaban J connectivity index is 2.06. The van der Waals surface area contributed by atoms with E-state index in [0.717, 1.165) is 22.4 Å². The smallest absolute Gasteiger partial charge is 0.233 e. The number of hydrogen-bond acceptors (Lipinski definition) is 7. The van der Waals surface area contributed by atoms with Crippen molar-refractivity contribution in [3.63, 3.8) is 0 Å². The molecule has 0 saturated carbocycles. The van der Waals surface area contributed by atoms with Crippen molar-refractivity contribution in [2.24, 2.45) is 0 Å². The van der Waals surface area contributed by atoms with E-state index in [4.69, 9.17) is 5.73 Å². The monoisotopic (exact) mass is 241 g/mol. The maximum atomic E-state index is 5.46. The van der Waals surface area contributed by atoms with E-state index in [9.17, 15) is 0 Å². The van der Waals surface area contributed by atoms with Gasteiger partial charge in [0.2, 0.25) is 11.1 Å². The summed E-state index contributed by atoms with van der Waals surface area (Å²) < 4.78 is 3.93. The summed E-state index contributed by atoms with van der Waals surface area (Å²) >= 11 is 2.95. The number of rotatable bonds is 3. The molecule has 0 atom stereocenters. The molecule has 5 nitrogen and oxygen atoms in total. The van der Waals surface area contributed by atoms with Crippen molar-refractivity contribution in [3.05, 3.63) is 16.1 Å². The Morgan fingerprint density at radius 1 is 1.47 bits per heavy atom. The lowest BCUT2D eigenvalue weighted by molar-refractivity contribution is 0.884. The Morgan fingerprint density at radius 2 is 2.27 bits per heavy atom. The Labute approximate surface area is 95.8 Å². The van der Waals surface area contributed by atoms with E-state index in [1.54, 1.807) is 11.3 Å². The molecule has 0 fully saturated rings. The molecule has 15 heavy (non-hydrogen) atoms.